The number of nitrogens with zero attached hydrogens (tertiary/aromatic N) is 4. The molecule has 1 N–H and O–H groups in total. The van der Waals surface area contributed by atoms with Crippen molar-refractivity contribution in [1.29, 1.82) is 0 Å². The zero-order valence-electron chi connectivity index (χ0n) is 11.1. The number of aromatic nitrogens is 4. The number of carbonyl (C=O) groups is 2. The van der Waals surface area contributed by atoms with E-state index in [1.807, 2.05) is 0 Å². The van der Waals surface area contributed by atoms with Crippen LogP contribution in [-0.2, 0) is 11.8 Å². The number of ether oxygens (including phenoxy) is 1. The second-order valence-electron chi connectivity index (χ2n) is 4.86. The van der Waals surface area contributed by atoms with E-state index in [0.29, 0.717) is 0 Å². The van der Waals surface area contributed by atoms with Crippen LogP contribution < -0.4 is 5.32 Å². The molecule has 0 spiro atoms. The summed E-state index contributed by atoms with van der Waals surface area (Å²) < 4.78 is 6.29. The van der Waals surface area contributed by atoms with E-state index in [9.17, 15) is 9.59 Å². The summed E-state index contributed by atoms with van der Waals surface area (Å²) in [5.74, 6) is -0.299. The molecule has 0 aliphatic heterocycles. The number of aryl methyl sites for hydroxylation is 1. The fraction of sp³-hybridized carbons (Fsp3) is 0.700. The number of amides is 1. The van der Waals surface area contributed by atoms with Gasteiger partial charge in [-0.25, -0.2) is 9.48 Å². The van der Waals surface area contributed by atoms with Crippen LogP contribution in [0.5, 0.6) is 0 Å². The number of carbonyl (C=O) groups excluding carboxylic acids is 2. The molecule has 0 aliphatic rings. The lowest BCUT2D eigenvalue weighted by Crippen LogP contribution is -2.42. The first-order valence-electron chi connectivity index (χ1n) is 5.47. The van der Waals surface area contributed by atoms with Crippen molar-refractivity contribution in [3.63, 3.8) is 0 Å². The summed E-state index contributed by atoms with van der Waals surface area (Å²) >= 11 is 0. The Kier molecular flexibility index (Phi) is 4.00. The van der Waals surface area contributed by atoms with Gasteiger partial charge in [0.25, 0.3) is 0 Å². The second kappa shape index (κ2) is 5.11. The number of rotatable bonds is 3. The largest absolute Gasteiger partial charge is 0.444 e. The van der Waals surface area contributed by atoms with Gasteiger partial charge in [0.15, 0.2) is 0 Å². The molecule has 0 aliphatic carbocycles. The topological polar surface area (TPSA) is 99.0 Å². The number of tetrazole rings is 1. The van der Waals surface area contributed by atoms with Crippen LogP contribution in [0.1, 0.15) is 38.3 Å². The van der Waals surface area contributed by atoms with Crippen molar-refractivity contribution in [3.8, 4) is 0 Å². The first-order chi connectivity index (χ1) is 8.20. The molecule has 1 aromatic heterocycles. The molecule has 100 valence electrons. The third-order valence-corrected chi connectivity index (χ3v) is 1.97. The summed E-state index contributed by atoms with van der Waals surface area (Å²) in [4.78, 5) is 23.4. The van der Waals surface area contributed by atoms with Crippen LogP contribution in [0.25, 0.3) is 0 Å². The number of nitrogens with one attached hydrogen (secondary N) is 1. The van der Waals surface area contributed by atoms with Gasteiger partial charge in [0.1, 0.15) is 5.60 Å². The number of alkyl carbamates (subject to hydrolysis) is 1. The van der Waals surface area contributed by atoms with Crippen LogP contribution in [0, 0.1) is 0 Å². The lowest BCUT2D eigenvalue weighted by atomic mass is 10.2. The van der Waals surface area contributed by atoms with E-state index in [0.717, 1.165) is 0 Å². The Morgan fingerprint density at radius 2 is 2.00 bits per heavy atom. The molecule has 8 heteroatoms. The van der Waals surface area contributed by atoms with E-state index in [1.54, 1.807) is 34.7 Å². The van der Waals surface area contributed by atoms with Gasteiger partial charge >= 0.3 is 6.09 Å². The Morgan fingerprint density at radius 3 is 2.44 bits per heavy atom. The van der Waals surface area contributed by atoms with Crippen LogP contribution in [0.2, 0.25) is 0 Å². The minimum Gasteiger partial charge on any atom is -0.444 e. The normalized spacial score (nSPS) is 12.9. The number of hydrogen-bond donors (Lipinski definition) is 1. The van der Waals surface area contributed by atoms with Gasteiger partial charge in [-0.2, -0.15) is 0 Å². The first-order valence-corrected chi connectivity index (χ1v) is 5.47. The van der Waals surface area contributed by atoms with Gasteiger partial charge in [-0.05, 0) is 38.1 Å². The van der Waals surface area contributed by atoms with Gasteiger partial charge in [0.2, 0.25) is 11.6 Å². The second-order valence-corrected chi connectivity index (χ2v) is 4.86. The number of Topliss-reactive ketones (excluding diaryl/α,β-unsaturated/α-hetero) is 1. The molecule has 1 atom stereocenters. The zero-order valence-corrected chi connectivity index (χ0v) is 11.1. The van der Waals surface area contributed by atoms with Crippen molar-refractivity contribution >= 4 is 11.9 Å². The molecule has 0 saturated heterocycles. The number of ketones is 1. The quantitative estimate of drug-likeness (QED) is 0.780. The van der Waals surface area contributed by atoms with Crippen molar-refractivity contribution in [1.82, 2.24) is 25.5 Å². The summed E-state index contributed by atoms with van der Waals surface area (Å²) in [6, 6.07) is -0.760. The van der Waals surface area contributed by atoms with Crippen molar-refractivity contribution in [2.24, 2.45) is 7.05 Å². The predicted octanol–water partition coefficient (Wildman–Crippen LogP) is 0.306. The average Bonchev–Trinajstić information content (AvgIpc) is 2.60. The van der Waals surface area contributed by atoms with Gasteiger partial charge in [-0.15, -0.1) is 5.10 Å². The van der Waals surface area contributed by atoms with Crippen molar-refractivity contribution in [2.75, 3.05) is 0 Å². The Balaban J connectivity index is 2.61. The molecular formula is C10H17N5O3. The molecule has 0 aromatic carbocycles. The molecular weight excluding hydrogens is 238 g/mol. The Bertz CT molecular complexity index is 449. The van der Waals surface area contributed by atoms with Gasteiger partial charge in [0, 0.05) is 7.05 Å². The minimum atomic E-state index is -0.760. The van der Waals surface area contributed by atoms with E-state index in [-0.39, 0.29) is 11.6 Å². The highest BCUT2D eigenvalue weighted by molar-refractivity contribution is 5.98. The SMILES string of the molecule is C[C@@H](NC(=O)OC(C)(C)C)C(=O)c1nnnn1C. The number of hydrogen-bond acceptors (Lipinski definition) is 6. The van der Waals surface area contributed by atoms with Gasteiger partial charge in [0.05, 0.1) is 6.04 Å². The maximum absolute atomic E-state index is 11.9. The van der Waals surface area contributed by atoms with Crippen LogP contribution >= 0.6 is 0 Å². The third-order valence-electron chi connectivity index (χ3n) is 1.97. The van der Waals surface area contributed by atoms with Crippen LogP contribution in [0.3, 0.4) is 0 Å². The molecule has 8 nitrogen and oxygen atoms in total. The van der Waals surface area contributed by atoms with E-state index < -0.39 is 17.7 Å². The smallest absolute Gasteiger partial charge is 0.408 e. The standard InChI is InChI=1S/C10H17N5O3/c1-6(11-9(17)18-10(2,3)4)7(16)8-12-13-14-15(8)5/h6H,1-5H3,(H,11,17)/t6-/m1/s1. The van der Waals surface area contributed by atoms with Crippen molar-refractivity contribution in [3.05, 3.63) is 5.82 Å². The zero-order chi connectivity index (χ0) is 13.9. The maximum atomic E-state index is 11.9. The van der Waals surface area contributed by atoms with E-state index >= 15 is 0 Å². The van der Waals surface area contributed by atoms with Gasteiger partial charge in [-0.1, -0.05) is 0 Å². The molecule has 1 rings (SSSR count). The molecule has 0 unspecified atom stereocenters. The van der Waals surface area contributed by atoms with Crippen LogP contribution in [0.15, 0.2) is 0 Å². The van der Waals surface area contributed by atoms with Crippen LogP contribution in [0.4, 0.5) is 4.79 Å². The summed E-state index contributed by atoms with van der Waals surface area (Å²) in [5, 5.41) is 12.9. The van der Waals surface area contributed by atoms with Gasteiger partial charge < -0.3 is 10.1 Å². The molecule has 18 heavy (non-hydrogen) atoms. The van der Waals surface area contributed by atoms with Crippen molar-refractivity contribution < 1.29 is 14.3 Å². The predicted molar refractivity (Wildman–Crippen MR) is 62.0 cm³/mol. The Hall–Kier alpha value is -1.99. The molecule has 1 amide bonds. The highest BCUT2D eigenvalue weighted by Gasteiger charge is 2.24. The molecule has 1 aromatic rings. The minimum absolute atomic E-state index is 0.0820. The molecule has 0 fully saturated rings. The molecule has 1 heterocycles. The first kappa shape index (κ1) is 14.1. The van der Waals surface area contributed by atoms with Gasteiger partial charge in [-0.3, -0.25) is 4.79 Å². The molecule has 0 bridgehead atoms. The molecule has 0 radical (unpaired) electrons. The fourth-order valence-electron chi connectivity index (χ4n) is 1.18. The van der Waals surface area contributed by atoms with Crippen molar-refractivity contribution in [2.45, 2.75) is 39.3 Å². The Morgan fingerprint density at radius 1 is 1.39 bits per heavy atom. The van der Waals surface area contributed by atoms with Crippen LogP contribution in [-0.4, -0.2) is 43.7 Å². The van der Waals surface area contributed by atoms with E-state index in [1.165, 1.54) is 4.68 Å². The average molecular weight is 255 g/mol. The van der Waals surface area contributed by atoms with E-state index in [2.05, 4.69) is 20.8 Å². The summed E-state index contributed by atoms with van der Waals surface area (Å²) in [5.41, 5.74) is -0.612. The monoisotopic (exact) mass is 255 g/mol. The Labute approximate surface area is 105 Å². The lowest BCUT2D eigenvalue weighted by Gasteiger charge is -2.21. The third kappa shape index (κ3) is 3.79. The maximum Gasteiger partial charge on any atom is 0.408 e. The highest BCUT2D eigenvalue weighted by Crippen LogP contribution is 2.07. The summed E-state index contributed by atoms with van der Waals surface area (Å²) in [7, 11) is 1.55. The summed E-state index contributed by atoms with van der Waals surface area (Å²) in [6.45, 7) is 6.77. The summed E-state index contributed by atoms with van der Waals surface area (Å²) in [6.07, 6.45) is -0.654. The fourth-order valence-corrected chi connectivity index (χ4v) is 1.18. The highest BCUT2D eigenvalue weighted by atomic mass is 16.6. The lowest BCUT2D eigenvalue weighted by molar-refractivity contribution is 0.0495. The molecule has 0 saturated carbocycles. The van der Waals surface area contributed by atoms with E-state index in [4.69, 9.17) is 4.74 Å².